The Balaban J connectivity index is 0.000000216. The molecule has 3 aromatic rings. The Morgan fingerprint density at radius 1 is 1.07 bits per heavy atom. The minimum absolute atomic E-state index is 0.450. The third-order valence-corrected chi connectivity index (χ3v) is 5.74. The number of nitrogens with zero attached hydrogens (tertiary/aromatic N) is 1. The number of fused-ring (bicyclic) bond motifs is 1. The van der Waals surface area contributed by atoms with Gasteiger partial charge in [0.05, 0.1) is 5.52 Å². The third kappa shape index (κ3) is 6.06. The first-order valence-electron chi connectivity index (χ1n) is 10.8. The van der Waals surface area contributed by atoms with Crippen LogP contribution in [0.25, 0.3) is 10.9 Å². The molecule has 158 valence electrons. The van der Waals surface area contributed by atoms with Crippen LogP contribution < -0.4 is 10.1 Å². The number of para-hydroxylation sites is 1. The van der Waals surface area contributed by atoms with Crippen LogP contribution in [0.5, 0.6) is 5.75 Å². The standard InChI is InChI=1S/C18H17NO.C8H15NO/c1-13-7-9-16(10-8-13)20-12-15-11-14(2)19-18-6-4-3-5-17(15)18;1-7-4-2-3-5-8(7)9-6-10/h3-11H,12H2,1-2H3;6-8H,2-5H2,1H3,(H,9,10)/t;7-,8?/m.0/s1. The maximum Gasteiger partial charge on any atom is 0.207 e. The summed E-state index contributed by atoms with van der Waals surface area (Å²) in [6.07, 6.45) is 5.87. The van der Waals surface area contributed by atoms with Crippen LogP contribution in [-0.4, -0.2) is 17.4 Å². The summed E-state index contributed by atoms with van der Waals surface area (Å²) in [7, 11) is 0. The van der Waals surface area contributed by atoms with Crippen LogP contribution in [0, 0.1) is 19.8 Å². The predicted octanol–water partition coefficient (Wildman–Crippen LogP) is 5.74. The number of benzene rings is 2. The van der Waals surface area contributed by atoms with Gasteiger partial charge in [-0.3, -0.25) is 9.78 Å². The van der Waals surface area contributed by atoms with Crippen LogP contribution in [0.1, 0.15) is 49.4 Å². The summed E-state index contributed by atoms with van der Waals surface area (Å²) in [5.41, 5.74) is 4.46. The molecule has 2 aromatic carbocycles. The first kappa shape index (κ1) is 21.8. The van der Waals surface area contributed by atoms with Gasteiger partial charge < -0.3 is 10.1 Å². The Labute approximate surface area is 179 Å². The quantitative estimate of drug-likeness (QED) is 0.552. The summed E-state index contributed by atoms with van der Waals surface area (Å²) in [5.74, 6) is 1.58. The zero-order valence-electron chi connectivity index (χ0n) is 18.2. The zero-order chi connectivity index (χ0) is 21.3. The molecule has 1 fully saturated rings. The lowest BCUT2D eigenvalue weighted by Crippen LogP contribution is -2.36. The van der Waals surface area contributed by atoms with Crippen molar-refractivity contribution in [1.29, 1.82) is 0 Å². The molecule has 1 aliphatic rings. The Kier molecular flexibility index (Phi) is 7.83. The molecule has 0 saturated heterocycles. The summed E-state index contributed by atoms with van der Waals surface area (Å²) in [6, 6.07) is 18.9. The zero-order valence-corrected chi connectivity index (χ0v) is 18.2. The molecule has 0 radical (unpaired) electrons. The summed E-state index contributed by atoms with van der Waals surface area (Å²) >= 11 is 0. The summed E-state index contributed by atoms with van der Waals surface area (Å²) in [4.78, 5) is 14.7. The van der Waals surface area contributed by atoms with Gasteiger partial charge in [0, 0.05) is 22.7 Å². The van der Waals surface area contributed by atoms with Crippen molar-refractivity contribution in [2.75, 3.05) is 0 Å². The number of rotatable bonds is 5. The predicted molar refractivity (Wildman–Crippen MR) is 123 cm³/mol. The fourth-order valence-electron chi connectivity index (χ4n) is 3.96. The van der Waals surface area contributed by atoms with Crippen molar-refractivity contribution in [3.8, 4) is 5.75 Å². The number of nitrogens with one attached hydrogen (secondary N) is 1. The molecule has 0 aliphatic heterocycles. The molecule has 1 aromatic heterocycles. The van der Waals surface area contributed by atoms with E-state index in [9.17, 15) is 4.79 Å². The van der Waals surface area contributed by atoms with Gasteiger partial charge in [-0.2, -0.15) is 0 Å². The highest BCUT2D eigenvalue weighted by Crippen LogP contribution is 2.23. The van der Waals surface area contributed by atoms with Gasteiger partial charge in [0.25, 0.3) is 0 Å². The van der Waals surface area contributed by atoms with E-state index < -0.39 is 0 Å². The van der Waals surface area contributed by atoms with E-state index in [1.807, 2.05) is 37.3 Å². The molecule has 4 heteroatoms. The van der Waals surface area contributed by atoms with Crippen molar-refractivity contribution in [2.24, 2.45) is 5.92 Å². The van der Waals surface area contributed by atoms with Gasteiger partial charge in [0.1, 0.15) is 12.4 Å². The monoisotopic (exact) mass is 404 g/mol. The lowest BCUT2D eigenvalue weighted by molar-refractivity contribution is -0.110. The Morgan fingerprint density at radius 2 is 1.80 bits per heavy atom. The van der Waals surface area contributed by atoms with Crippen LogP contribution in [0.2, 0.25) is 0 Å². The van der Waals surface area contributed by atoms with Crippen LogP contribution in [0.15, 0.2) is 54.6 Å². The molecule has 1 N–H and O–H groups in total. The molecule has 4 nitrogen and oxygen atoms in total. The van der Waals surface area contributed by atoms with Gasteiger partial charge >= 0.3 is 0 Å². The van der Waals surface area contributed by atoms with Gasteiger partial charge in [-0.25, -0.2) is 0 Å². The van der Waals surface area contributed by atoms with Crippen LogP contribution in [0.4, 0.5) is 0 Å². The van der Waals surface area contributed by atoms with Crippen molar-refractivity contribution in [3.05, 3.63) is 71.4 Å². The lowest BCUT2D eigenvalue weighted by atomic mass is 9.86. The molecule has 1 saturated carbocycles. The molecule has 0 bridgehead atoms. The van der Waals surface area contributed by atoms with E-state index in [1.165, 1.54) is 36.8 Å². The van der Waals surface area contributed by atoms with Crippen LogP contribution in [-0.2, 0) is 11.4 Å². The SMILES string of the molecule is C[C@H]1CCCCC1NC=O.Cc1ccc(OCc2cc(C)nc3ccccc23)cc1. The fourth-order valence-corrected chi connectivity index (χ4v) is 3.96. The van der Waals surface area contributed by atoms with Gasteiger partial charge in [0.15, 0.2) is 0 Å². The van der Waals surface area contributed by atoms with E-state index in [0.717, 1.165) is 28.8 Å². The van der Waals surface area contributed by atoms with Crippen molar-refractivity contribution in [3.63, 3.8) is 0 Å². The first-order chi connectivity index (χ1) is 14.6. The lowest BCUT2D eigenvalue weighted by Gasteiger charge is -2.27. The first-order valence-corrected chi connectivity index (χ1v) is 10.8. The minimum atomic E-state index is 0.450. The molecule has 1 heterocycles. The largest absolute Gasteiger partial charge is 0.489 e. The number of hydrogen-bond acceptors (Lipinski definition) is 3. The highest BCUT2D eigenvalue weighted by Gasteiger charge is 2.19. The highest BCUT2D eigenvalue weighted by molar-refractivity contribution is 5.82. The minimum Gasteiger partial charge on any atom is -0.489 e. The van der Waals surface area contributed by atoms with E-state index in [0.29, 0.717) is 18.6 Å². The van der Waals surface area contributed by atoms with E-state index in [2.05, 4.69) is 48.4 Å². The second kappa shape index (κ2) is 10.8. The average Bonchev–Trinajstić information content (AvgIpc) is 2.75. The fraction of sp³-hybridized carbons (Fsp3) is 0.385. The number of pyridine rings is 1. The Morgan fingerprint density at radius 3 is 2.53 bits per heavy atom. The average molecular weight is 405 g/mol. The number of aryl methyl sites for hydroxylation is 2. The molecule has 4 rings (SSSR count). The topological polar surface area (TPSA) is 51.2 Å². The number of ether oxygens (including phenoxy) is 1. The summed E-state index contributed by atoms with van der Waals surface area (Å²) < 4.78 is 5.88. The van der Waals surface area contributed by atoms with Gasteiger partial charge in [-0.1, -0.05) is 55.7 Å². The van der Waals surface area contributed by atoms with E-state index in [1.54, 1.807) is 0 Å². The molecule has 1 amide bonds. The third-order valence-electron chi connectivity index (χ3n) is 5.74. The maximum atomic E-state index is 10.1. The molecule has 30 heavy (non-hydrogen) atoms. The van der Waals surface area contributed by atoms with Crippen LogP contribution >= 0.6 is 0 Å². The molecule has 2 atom stereocenters. The summed E-state index contributed by atoms with van der Waals surface area (Å²) in [5, 5.41) is 4.01. The number of carbonyl (C=O) groups excluding carboxylic acids is 1. The second-order valence-corrected chi connectivity index (χ2v) is 8.19. The number of amides is 1. The normalized spacial score (nSPS) is 18.2. The highest BCUT2D eigenvalue weighted by atomic mass is 16.5. The number of carbonyl (C=O) groups is 1. The Bertz CT molecular complexity index is 953. The molecule has 1 aliphatic carbocycles. The van der Waals surface area contributed by atoms with Gasteiger partial charge in [-0.15, -0.1) is 0 Å². The molecule has 0 spiro atoms. The molecular formula is C26H32N2O2. The molecular weight excluding hydrogens is 372 g/mol. The van der Waals surface area contributed by atoms with Crippen molar-refractivity contribution >= 4 is 17.3 Å². The number of hydrogen-bond donors (Lipinski definition) is 1. The number of aromatic nitrogens is 1. The van der Waals surface area contributed by atoms with E-state index >= 15 is 0 Å². The van der Waals surface area contributed by atoms with Gasteiger partial charge in [0.2, 0.25) is 6.41 Å². The smallest absolute Gasteiger partial charge is 0.207 e. The van der Waals surface area contributed by atoms with Crippen molar-refractivity contribution in [2.45, 2.75) is 59.1 Å². The van der Waals surface area contributed by atoms with E-state index in [-0.39, 0.29) is 0 Å². The van der Waals surface area contributed by atoms with Crippen LogP contribution in [0.3, 0.4) is 0 Å². The Hall–Kier alpha value is -2.88. The van der Waals surface area contributed by atoms with Crippen molar-refractivity contribution in [1.82, 2.24) is 10.3 Å². The van der Waals surface area contributed by atoms with Crippen molar-refractivity contribution < 1.29 is 9.53 Å². The maximum absolute atomic E-state index is 10.1. The van der Waals surface area contributed by atoms with Gasteiger partial charge in [-0.05, 0) is 56.9 Å². The molecule has 1 unspecified atom stereocenters. The summed E-state index contributed by atoms with van der Waals surface area (Å²) in [6.45, 7) is 6.86. The van der Waals surface area contributed by atoms with E-state index in [4.69, 9.17) is 4.74 Å². The second-order valence-electron chi connectivity index (χ2n) is 8.19.